The van der Waals surface area contributed by atoms with E-state index < -0.39 is 10.5 Å². The minimum absolute atomic E-state index is 0.131. The first-order valence-electron chi connectivity index (χ1n) is 7.69. The summed E-state index contributed by atoms with van der Waals surface area (Å²) in [7, 11) is 0. The van der Waals surface area contributed by atoms with E-state index >= 15 is 0 Å². The lowest BCUT2D eigenvalue weighted by Crippen LogP contribution is -2.09. The molecular weight excluding hydrogens is 388 g/mol. The van der Waals surface area contributed by atoms with Gasteiger partial charge in [0, 0.05) is 17.1 Å². The predicted molar refractivity (Wildman–Crippen MR) is 100.0 cm³/mol. The number of nitrogens with one attached hydrogen (secondary N) is 2. The van der Waals surface area contributed by atoms with Gasteiger partial charge in [-0.1, -0.05) is 28.1 Å². The number of aryl methyl sites for hydroxylation is 1. The number of aromatic nitrogens is 2. The summed E-state index contributed by atoms with van der Waals surface area (Å²) in [6.45, 7) is 0.571. The van der Waals surface area contributed by atoms with E-state index in [0.717, 1.165) is 17.3 Å². The minimum Gasteiger partial charge on any atom is -0.379 e. The fourth-order valence-corrected chi connectivity index (χ4v) is 3.05. The van der Waals surface area contributed by atoms with E-state index in [2.05, 4.69) is 37.3 Å². The van der Waals surface area contributed by atoms with Crippen molar-refractivity contribution in [1.29, 1.82) is 0 Å². The standard InChI is InChI=1S/C17H15BrN4O3/c18-12-5-1-3-11(7-12)4-2-6-19-15-9-14-13(8-16(15)22(24)25)17(23)21-10-20-14/h1,3,5,7-10,19H,2,4,6H2,(H,20,21,23). The van der Waals surface area contributed by atoms with Crippen LogP contribution in [-0.2, 0) is 6.42 Å². The van der Waals surface area contributed by atoms with E-state index in [-0.39, 0.29) is 11.1 Å². The molecule has 128 valence electrons. The summed E-state index contributed by atoms with van der Waals surface area (Å²) >= 11 is 3.44. The third-order valence-electron chi connectivity index (χ3n) is 3.80. The molecule has 0 aliphatic heterocycles. The van der Waals surface area contributed by atoms with Crippen molar-refractivity contribution >= 4 is 38.2 Å². The fraction of sp³-hybridized carbons (Fsp3) is 0.176. The third-order valence-corrected chi connectivity index (χ3v) is 4.29. The van der Waals surface area contributed by atoms with E-state index in [1.165, 1.54) is 18.0 Å². The Bertz CT molecular complexity index is 987. The molecule has 0 aliphatic rings. The Hall–Kier alpha value is -2.74. The monoisotopic (exact) mass is 402 g/mol. The van der Waals surface area contributed by atoms with Crippen molar-refractivity contribution in [3.63, 3.8) is 0 Å². The van der Waals surface area contributed by atoms with E-state index in [1.807, 2.05) is 18.2 Å². The molecule has 7 nitrogen and oxygen atoms in total. The Balaban J connectivity index is 1.75. The summed E-state index contributed by atoms with van der Waals surface area (Å²) in [4.78, 5) is 29.1. The SMILES string of the molecule is O=c1[nH]cnc2cc(NCCCc3cccc(Br)c3)c([N+](=O)[O-])cc12. The summed E-state index contributed by atoms with van der Waals surface area (Å²) in [6.07, 6.45) is 2.95. The first-order chi connectivity index (χ1) is 12.0. The zero-order chi connectivity index (χ0) is 17.8. The van der Waals surface area contributed by atoms with Crippen LogP contribution in [0.2, 0.25) is 0 Å². The number of aromatic amines is 1. The van der Waals surface area contributed by atoms with E-state index in [4.69, 9.17) is 0 Å². The molecule has 0 saturated carbocycles. The van der Waals surface area contributed by atoms with E-state index in [9.17, 15) is 14.9 Å². The largest absolute Gasteiger partial charge is 0.379 e. The number of nitrogens with zero attached hydrogens (tertiary/aromatic N) is 2. The second-order valence-electron chi connectivity index (χ2n) is 5.54. The highest BCUT2D eigenvalue weighted by Gasteiger charge is 2.16. The second-order valence-corrected chi connectivity index (χ2v) is 6.45. The number of rotatable bonds is 6. The zero-order valence-electron chi connectivity index (χ0n) is 13.2. The van der Waals surface area contributed by atoms with Gasteiger partial charge < -0.3 is 10.3 Å². The number of H-pyrrole nitrogens is 1. The first-order valence-corrected chi connectivity index (χ1v) is 8.48. The average molecular weight is 403 g/mol. The molecule has 0 saturated heterocycles. The van der Waals surface area contributed by atoms with Crippen molar-refractivity contribution in [2.45, 2.75) is 12.8 Å². The number of fused-ring (bicyclic) bond motifs is 1. The Labute approximate surface area is 151 Å². The highest BCUT2D eigenvalue weighted by molar-refractivity contribution is 9.10. The minimum atomic E-state index is -0.497. The van der Waals surface area contributed by atoms with Gasteiger partial charge in [-0.2, -0.15) is 0 Å². The van der Waals surface area contributed by atoms with Crippen molar-refractivity contribution < 1.29 is 4.92 Å². The normalized spacial score (nSPS) is 10.8. The first kappa shape index (κ1) is 17.1. The maximum Gasteiger partial charge on any atom is 0.293 e. The summed E-state index contributed by atoms with van der Waals surface area (Å²) < 4.78 is 1.03. The van der Waals surface area contributed by atoms with Crippen LogP contribution in [0.5, 0.6) is 0 Å². The molecule has 0 fully saturated rings. The molecule has 0 bridgehead atoms. The number of nitro benzene ring substituents is 1. The van der Waals surface area contributed by atoms with Crippen LogP contribution in [0.15, 0.2) is 52.0 Å². The maximum absolute atomic E-state index is 11.8. The summed E-state index contributed by atoms with van der Waals surface area (Å²) in [5, 5.41) is 14.6. The molecule has 3 rings (SSSR count). The van der Waals surface area contributed by atoms with Gasteiger partial charge in [-0.25, -0.2) is 4.98 Å². The Morgan fingerprint density at radius 2 is 2.12 bits per heavy atom. The molecule has 1 heterocycles. The molecule has 0 aliphatic carbocycles. The molecule has 0 atom stereocenters. The molecule has 0 unspecified atom stereocenters. The molecule has 3 aromatic rings. The Morgan fingerprint density at radius 1 is 1.28 bits per heavy atom. The number of hydrogen-bond acceptors (Lipinski definition) is 5. The Kier molecular flexibility index (Phi) is 5.08. The van der Waals surface area contributed by atoms with Gasteiger partial charge in [-0.15, -0.1) is 0 Å². The van der Waals surface area contributed by atoms with Gasteiger partial charge in [0.25, 0.3) is 11.2 Å². The number of nitro groups is 1. The lowest BCUT2D eigenvalue weighted by Gasteiger charge is -2.08. The molecule has 0 spiro atoms. The molecule has 1 aromatic heterocycles. The van der Waals surface area contributed by atoms with Crippen LogP contribution >= 0.6 is 15.9 Å². The number of anilines is 1. The highest BCUT2D eigenvalue weighted by Crippen LogP contribution is 2.27. The van der Waals surface area contributed by atoms with Crippen LogP contribution in [0.4, 0.5) is 11.4 Å². The van der Waals surface area contributed by atoms with Gasteiger partial charge in [0.2, 0.25) is 0 Å². The van der Waals surface area contributed by atoms with Crippen LogP contribution in [0.3, 0.4) is 0 Å². The summed E-state index contributed by atoms with van der Waals surface area (Å²) in [6, 6.07) is 10.8. The van der Waals surface area contributed by atoms with Gasteiger partial charge in [-0.3, -0.25) is 14.9 Å². The summed E-state index contributed by atoms with van der Waals surface area (Å²) in [5.41, 5.74) is 1.45. The van der Waals surface area contributed by atoms with Crippen LogP contribution in [0, 0.1) is 10.1 Å². The van der Waals surface area contributed by atoms with Crippen molar-refractivity contribution in [2.75, 3.05) is 11.9 Å². The zero-order valence-corrected chi connectivity index (χ0v) is 14.7. The molecule has 8 heteroatoms. The van der Waals surface area contributed by atoms with E-state index in [0.29, 0.717) is 17.7 Å². The van der Waals surface area contributed by atoms with Crippen LogP contribution in [-0.4, -0.2) is 21.4 Å². The average Bonchev–Trinajstić information content (AvgIpc) is 2.58. The van der Waals surface area contributed by atoms with Crippen LogP contribution < -0.4 is 10.9 Å². The van der Waals surface area contributed by atoms with Gasteiger partial charge in [-0.05, 0) is 36.6 Å². The van der Waals surface area contributed by atoms with Crippen molar-refractivity contribution in [1.82, 2.24) is 9.97 Å². The fourth-order valence-electron chi connectivity index (χ4n) is 2.60. The quantitative estimate of drug-likeness (QED) is 0.372. The number of hydrogen-bond donors (Lipinski definition) is 2. The van der Waals surface area contributed by atoms with Crippen molar-refractivity contribution in [3.05, 3.63) is 73.2 Å². The number of halogens is 1. The van der Waals surface area contributed by atoms with Gasteiger partial charge >= 0.3 is 0 Å². The number of benzene rings is 2. The molecule has 2 aromatic carbocycles. The van der Waals surface area contributed by atoms with Gasteiger partial charge in [0.05, 0.1) is 22.2 Å². The molecule has 2 N–H and O–H groups in total. The summed E-state index contributed by atoms with van der Waals surface area (Å²) in [5.74, 6) is 0. The van der Waals surface area contributed by atoms with Crippen molar-refractivity contribution in [2.24, 2.45) is 0 Å². The molecule has 0 amide bonds. The van der Waals surface area contributed by atoms with Gasteiger partial charge in [0.15, 0.2) is 0 Å². The smallest absolute Gasteiger partial charge is 0.293 e. The molecular formula is C17H15BrN4O3. The van der Waals surface area contributed by atoms with Crippen molar-refractivity contribution in [3.8, 4) is 0 Å². The lowest BCUT2D eigenvalue weighted by molar-refractivity contribution is -0.383. The predicted octanol–water partition coefficient (Wildman–Crippen LogP) is 3.64. The molecule has 0 radical (unpaired) electrons. The van der Waals surface area contributed by atoms with E-state index in [1.54, 1.807) is 6.07 Å². The topological polar surface area (TPSA) is 101 Å². The second kappa shape index (κ2) is 7.43. The van der Waals surface area contributed by atoms with Crippen LogP contribution in [0.25, 0.3) is 10.9 Å². The van der Waals surface area contributed by atoms with Crippen LogP contribution in [0.1, 0.15) is 12.0 Å². The highest BCUT2D eigenvalue weighted by atomic mass is 79.9. The molecule has 25 heavy (non-hydrogen) atoms. The maximum atomic E-state index is 11.8. The lowest BCUT2D eigenvalue weighted by atomic mass is 10.1. The van der Waals surface area contributed by atoms with Gasteiger partial charge in [0.1, 0.15) is 5.69 Å². The third kappa shape index (κ3) is 4.03. The Morgan fingerprint density at radius 3 is 2.88 bits per heavy atom.